The average molecular weight is 286 g/mol. The normalized spacial score (nSPS) is 18.1. The van der Waals surface area contributed by atoms with Gasteiger partial charge in [0.1, 0.15) is 10.7 Å². The minimum Gasteiger partial charge on any atom is -0.398 e. The van der Waals surface area contributed by atoms with E-state index in [4.69, 9.17) is 5.73 Å². The van der Waals surface area contributed by atoms with Crippen LogP contribution in [-0.4, -0.2) is 14.0 Å². The van der Waals surface area contributed by atoms with Crippen molar-refractivity contribution in [3.05, 3.63) is 23.5 Å². The summed E-state index contributed by atoms with van der Waals surface area (Å²) < 4.78 is 41.0. The highest BCUT2D eigenvalue weighted by molar-refractivity contribution is 7.89. The van der Waals surface area contributed by atoms with E-state index in [1.807, 2.05) is 6.92 Å². The monoisotopic (exact) mass is 286 g/mol. The number of nitrogens with one attached hydrogen (secondary N) is 1. The summed E-state index contributed by atoms with van der Waals surface area (Å²) in [7, 11) is -3.87. The molecule has 0 bridgehead atoms. The van der Waals surface area contributed by atoms with Gasteiger partial charge in [-0.1, -0.05) is 6.92 Å². The van der Waals surface area contributed by atoms with Gasteiger partial charge in [-0.2, -0.15) is 0 Å². The van der Waals surface area contributed by atoms with E-state index in [2.05, 4.69) is 4.72 Å². The van der Waals surface area contributed by atoms with Crippen molar-refractivity contribution in [1.82, 2.24) is 4.72 Å². The van der Waals surface area contributed by atoms with Crippen LogP contribution >= 0.6 is 0 Å². The third-order valence-electron chi connectivity index (χ3n) is 3.95. The second-order valence-corrected chi connectivity index (χ2v) is 6.88. The maximum atomic E-state index is 13.9. The van der Waals surface area contributed by atoms with Crippen molar-refractivity contribution in [2.75, 3.05) is 5.73 Å². The van der Waals surface area contributed by atoms with E-state index >= 15 is 0 Å². The molecule has 0 amide bonds. The minimum absolute atomic E-state index is 0.279. The number of sulfonamides is 1. The van der Waals surface area contributed by atoms with E-state index in [1.54, 1.807) is 6.92 Å². The lowest BCUT2D eigenvalue weighted by molar-refractivity contribution is 0.213. The Morgan fingerprint density at radius 1 is 1.42 bits per heavy atom. The summed E-state index contributed by atoms with van der Waals surface area (Å²) in [5, 5.41) is 0. The maximum Gasteiger partial charge on any atom is 0.244 e. The zero-order valence-corrected chi connectivity index (χ0v) is 12.0. The number of anilines is 1. The summed E-state index contributed by atoms with van der Waals surface area (Å²) in [6.07, 6.45) is 3.29. The molecule has 0 radical (unpaired) electrons. The lowest BCUT2D eigenvalue weighted by Gasteiger charge is -2.41. The Balaban J connectivity index is 2.37. The van der Waals surface area contributed by atoms with Crippen LogP contribution in [0.4, 0.5) is 10.1 Å². The first-order chi connectivity index (χ1) is 8.80. The van der Waals surface area contributed by atoms with Crippen LogP contribution in [0, 0.1) is 12.7 Å². The van der Waals surface area contributed by atoms with Gasteiger partial charge in [0.25, 0.3) is 0 Å². The van der Waals surface area contributed by atoms with Gasteiger partial charge >= 0.3 is 0 Å². The van der Waals surface area contributed by atoms with Crippen molar-refractivity contribution >= 4 is 15.7 Å². The molecule has 0 aliphatic heterocycles. The van der Waals surface area contributed by atoms with Crippen molar-refractivity contribution in [3.63, 3.8) is 0 Å². The summed E-state index contributed by atoms with van der Waals surface area (Å²) in [5.41, 5.74) is 6.07. The van der Waals surface area contributed by atoms with Crippen LogP contribution < -0.4 is 10.5 Å². The highest BCUT2D eigenvalue weighted by atomic mass is 32.2. The van der Waals surface area contributed by atoms with Gasteiger partial charge in [-0.25, -0.2) is 17.5 Å². The number of hydrogen-bond donors (Lipinski definition) is 2. The first-order valence-corrected chi connectivity index (χ1v) is 7.87. The average Bonchev–Trinajstić information content (AvgIpc) is 2.28. The number of aryl methyl sites for hydroxylation is 1. The molecule has 1 aliphatic carbocycles. The van der Waals surface area contributed by atoms with Gasteiger partial charge in [0.05, 0.1) is 0 Å². The predicted octanol–water partition coefficient (Wildman–Crippen LogP) is 2.33. The lowest BCUT2D eigenvalue weighted by atomic mass is 9.76. The number of nitrogens with two attached hydrogens (primary N) is 1. The Kier molecular flexibility index (Phi) is 3.57. The molecule has 1 aromatic rings. The summed E-state index contributed by atoms with van der Waals surface area (Å²) >= 11 is 0. The Labute approximate surface area is 113 Å². The quantitative estimate of drug-likeness (QED) is 0.834. The van der Waals surface area contributed by atoms with E-state index in [0.29, 0.717) is 12.0 Å². The number of nitrogen functional groups attached to an aromatic ring is 1. The van der Waals surface area contributed by atoms with Crippen molar-refractivity contribution in [2.24, 2.45) is 0 Å². The minimum atomic E-state index is -3.87. The highest BCUT2D eigenvalue weighted by Crippen LogP contribution is 2.36. The molecule has 1 saturated carbocycles. The number of benzene rings is 1. The van der Waals surface area contributed by atoms with Crippen LogP contribution in [0.1, 0.15) is 38.2 Å². The maximum absolute atomic E-state index is 13.9. The third kappa shape index (κ3) is 2.60. The van der Waals surface area contributed by atoms with Crippen LogP contribution in [0.25, 0.3) is 0 Å². The molecule has 0 aromatic heterocycles. The molecule has 19 heavy (non-hydrogen) atoms. The smallest absolute Gasteiger partial charge is 0.244 e. The fourth-order valence-electron chi connectivity index (χ4n) is 2.35. The lowest BCUT2D eigenvalue weighted by Crippen LogP contribution is -2.52. The van der Waals surface area contributed by atoms with Gasteiger partial charge in [0.2, 0.25) is 10.0 Å². The van der Waals surface area contributed by atoms with E-state index < -0.39 is 21.4 Å². The fourth-order valence-corrected chi connectivity index (χ4v) is 3.97. The number of hydrogen-bond acceptors (Lipinski definition) is 3. The van der Waals surface area contributed by atoms with E-state index in [1.165, 1.54) is 6.07 Å². The molecule has 1 fully saturated rings. The standard InChI is InChI=1S/C13H19FN2O2S/c1-3-13(5-4-6-13)16-19(17,18)12-8-11(15)9(2)7-10(12)14/h7-8,16H,3-6,15H2,1-2H3. The SMILES string of the molecule is CCC1(NS(=O)(=O)c2cc(N)c(C)cc2F)CCC1. The van der Waals surface area contributed by atoms with Gasteiger partial charge in [0.15, 0.2) is 0 Å². The van der Waals surface area contributed by atoms with Crippen molar-refractivity contribution < 1.29 is 12.8 Å². The largest absolute Gasteiger partial charge is 0.398 e. The molecule has 4 nitrogen and oxygen atoms in total. The summed E-state index contributed by atoms with van der Waals surface area (Å²) in [5.74, 6) is -0.759. The van der Waals surface area contributed by atoms with Crippen LogP contribution in [0.5, 0.6) is 0 Å². The van der Waals surface area contributed by atoms with Gasteiger partial charge in [0, 0.05) is 11.2 Å². The van der Waals surface area contributed by atoms with Gasteiger partial charge in [-0.15, -0.1) is 0 Å². The Morgan fingerprint density at radius 3 is 2.53 bits per heavy atom. The van der Waals surface area contributed by atoms with Crippen LogP contribution in [0.2, 0.25) is 0 Å². The van der Waals surface area contributed by atoms with Crippen LogP contribution in [0.3, 0.4) is 0 Å². The second-order valence-electron chi connectivity index (χ2n) is 5.23. The predicted molar refractivity (Wildman–Crippen MR) is 72.7 cm³/mol. The van der Waals surface area contributed by atoms with Gasteiger partial charge < -0.3 is 5.73 Å². The molecule has 0 spiro atoms. The molecule has 0 heterocycles. The molecular formula is C13H19FN2O2S. The molecule has 106 valence electrons. The van der Waals surface area contributed by atoms with Gasteiger partial charge in [-0.3, -0.25) is 0 Å². The van der Waals surface area contributed by atoms with Crippen molar-refractivity contribution in [3.8, 4) is 0 Å². The highest BCUT2D eigenvalue weighted by Gasteiger charge is 2.39. The Hall–Kier alpha value is -1.14. The Morgan fingerprint density at radius 2 is 2.05 bits per heavy atom. The van der Waals surface area contributed by atoms with E-state index in [-0.39, 0.29) is 10.6 Å². The molecule has 2 rings (SSSR count). The Bertz CT molecular complexity index is 589. The topological polar surface area (TPSA) is 72.2 Å². The fraction of sp³-hybridized carbons (Fsp3) is 0.538. The number of rotatable bonds is 4. The van der Waals surface area contributed by atoms with E-state index in [9.17, 15) is 12.8 Å². The molecule has 0 atom stereocenters. The summed E-state index contributed by atoms with van der Waals surface area (Å²) in [6.45, 7) is 3.57. The zero-order valence-electron chi connectivity index (χ0n) is 11.2. The van der Waals surface area contributed by atoms with Crippen molar-refractivity contribution in [2.45, 2.75) is 50.0 Å². The summed E-state index contributed by atoms with van der Waals surface area (Å²) in [4.78, 5) is -0.365. The first kappa shape index (κ1) is 14.3. The zero-order chi connectivity index (χ0) is 14.3. The van der Waals surface area contributed by atoms with Crippen LogP contribution in [-0.2, 0) is 10.0 Å². The van der Waals surface area contributed by atoms with E-state index in [0.717, 1.165) is 25.3 Å². The first-order valence-electron chi connectivity index (χ1n) is 6.39. The van der Waals surface area contributed by atoms with Crippen LogP contribution in [0.15, 0.2) is 17.0 Å². The summed E-state index contributed by atoms with van der Waals surface area (Å²) in [6, 6.07) is 2.35. The molecule has 6 heteroatoms. The third-order valence-corrected chi connectivity index (χ3v) is 5.54. The molecule has 0 unspecified atom stereocenters. The molecule has 1 aliphatic rings. The van der Waals surface area contributed by atoms with Crippen molar-refractivity contribution in [1.29, 1.82) is 0 Å². The number of halogens is 1. The molecule has 0 saturated heterocycles. The second kappa shape index (κ2) is 4.76. The molecule has 3 N–H and O–H groups in total. The molecular weight excluding hydrogens is 267 g/mol. The molecule has 1 aromatic carbocycles. The van der Waals surface area contributed by atoms with Gasteiger partial charge in [-0.05, 0) is 50.3 Å².